The molecule has 0 aliphatic rings. The topological polar surface area (TPSA) is 77.2 Å². The molecule has 3 N–H and O–H groups in total. The Morgan fingerprint density at radius 3 is 3.00 bits per heavy atom. The molecule has 1 heterocycles. The van der Waals surface area contributed by atoms with E-state index in [0.717, 1.165) is 5.69 Å². The zero-order chi connectivity index (χ0) is 13.5. The first kappa shape index (κ1) is 14.2. The summed E-state index contributed by atoms with van der Waals surface area (Å²) in [5, 5.41) is 2.67. The van der Waals surface area contributed by atoms with Crippen molar-refractivity contribution in [3.63, 3.8) is 0 Å². The maximum atomic E-state index is 11.6. The van der Waals surface area contributed by atoms with Gasteiger partial charge in [-0.25, -0.2) is 0 Å². The summed E-state index contributed by atoms with van der Waals surface area (Å²) < 4.78 is 5.56. The zero-order valence-corrected chi connectivity index (χ0v) is 10.8. The fourth-order valence-electron chi connectivity index (χ4n) is 1.41. The van der Waals surface area contributed by atoms with E-state index in [1.54, 1.807) is 19.1 Å². The average Bonchev–Trinajstić information content (AvgIpc) is 2.37. The maximum Gasteiger partial charge on any atom is 0.261 e. The third kappa shape index (κ3) is 3.85. The van der Waals surface area contributed by atoms with E-state index < -0.39 is 6.10 Å². The van der Waals surface area contributed by atoms with Crippen molar-refractivity contribution in [2.75, 3.05) is 6.54 Å². The number of ether oxygens (including phenoxy) is 1. The number of carbonyl (C=O) groups excluding carboxylic acids is 1. The van der Waals surface area contributed by atoms with Crippen LogP contribution in [0.5, 0.6) is 5.75 Å². The van der Waals surface area contributed by atoms with E-state index in [-0.39, 0.29) is 12.5 Å². The fourth-order valence-corrected chi connectivity index (χ4v) is 1.41. The predicted octanol–water partition coefficient (Wildman–Crippen LogP) is 0.918. The Labute approximate surface area is 107 Å². The lowest BCUT2D eigenvalue weighted by molar-refractivity contribution is -0.127. The average molecular weight is 249 g/mol. The van der Waals surface area contributed by atoms with Crippen LogP contribution in [0.1, 0.15) is 18.3 Å². The van der Waals surface area contributed by atoms with Crippen LogP contribution in [0.15, 0.2) is 24.8 Å². The van der Waals surface area contributed by atoms with Gasteiger partial charge in [0.05, 0.1) is 5.69 Å². The van der Waals surface area contributed by atoms with Crippen LogP contribution in [0, 0.1) is 6.92 Å². The van der Waals surface area contributed by atoms with Crippen LogP contribution in [0.25, 0.3) is 0 Å². The number of carbonyl (C=O) groups is 1. The van der Waals surface area contributed by atoms with Gasteiger partial charge in [0, 0.05) is 18.8 Å². The first-order valence-electron chi connectivity index (χ1n) is 5.80. The molecule has 5 heteroatoms. The van der Waals surface area contributed by atoms with Crippen molar-refractivity contribution in [2.45, 2.75) is 26.5 Å². The van der Waals surface area contributed by atoms with E-state index in [1.165, 1.54) is 0 Å². The minimum Gasteiger partial charge on any atom is -0.479 e. The van der Waals surface area contributed by atoms with E-state index in [4.69, 9.17) is 10.5 Å². The molecule has 0 aliphatic heterocycles. The van der Waals surface area contributed by atoms with Gasteiger partial charge < -0.3 is 15.8 Å². The van der Waals surface area contributed by atoms with Gasteiger partial charge in [-0.3, -0.25) is 9.78 Å². The number of hydrogen-bond donors (Lipinski definition) is 2. The van der Waals surface area contributed by atoms with E-state index in [0.29, 0.717) is 18.0 Å². The zero-order valence-electron chi connectivity index (χ0n) is 10.8. The van der Waals surface area contributed by atoms with Gasteiger partial charge in [-0.1, -0.05) is 6.08 Å². The molecule has 0 radical (unpaired) electrons. The molecule has 1 aromatic rings. The molecule has 5 nitrogen and oxygen atoms in total. The van der Waals surface area contributed by atoms with Crippen LogP contribution in [0.3, 0.4) is 0 Å². The Morgan fingerprint density at radius 2 is 2.39 bits per heavy atom. The molecule has 1 unspecified atom stereocenters. The van der Waals surface area contributed by atoms with E-state index in [1.807, 2.05) is 13.0 Å². The highest BCUT2D eigenvalue weighted by atomic mass is 16.5. The number of aromatic nitrogens is 1. The largest absolute Gasteiger partial charge is 0.479 e. The Morgan fingerprint density at radius 1 is 1.67 bits per heavy atom. The van der Waals surface area contributed by atoms with Gasteiger partial charge in [0.25, 0.3) is 5.91 Å². The van der Waals surface area contributed by atoms with Crippen LogP contribution >= 0.6 is 0 Å². The summed E-state index contributed by atoms with van der Waals surface area (Å²) in [6.07, 6.45) is 1.02. The molecule has 0 aromatic carbocycles. The summed E-state index contributed by atoms with van der Waals surface area (Å²) in [4.78, 5) is 15.9. The smallest absolute Gasteiger partial charge is 0.261 e. The van der Waals surface area contributed by atoms with Gasteiger partial charge in [-0.2, -0.15) is 0 Å². The van der Waals surface area contributed by atoms with Gasteiger partial charge in [-0.05, 0) is 26.0 Å². The number of nitrogens with zero attached hydrogens (tertiary/aromatic N) is 1. The molecule has 1 aromatic heterocycles. The second-order valence-corrected chi connectivity index (χ2v) is 3.90. The van der Waals surface area contributed by atoms with Crippen molar-refractivity contribution in [1.29, 1.82) is 0 Å². The summed E-state index contributed by atoms with van der Waals surface area (Å²) in [7, 11) is 0. The lowest BCUT2D eigenvalue weighted by Gasteiger charge is -2.16. The highest BCUT2D eigenvalue weighted by Gasteiger charge is 2.15. The Bertz CT molecular complexity index is 432. The molecule has 0 spiro atoms. The quantitative estimate of drug-likeness (QED) is 0.735. The van der Waals surface area contributed by atoms with Gasteiger partial charge in [-0.15, -0.1) is 6.58 Å². The maximum absolute atomic E-state index is 11.6. The van der Waals surface area contributed by atoms with Crippen LogP contribution in [-0.4, -0.2) is 23.5 Å². The molecule has 18 heavy (non-hydrogen) atoms. The number of hydrogen-bond acceptors (Lipinski definition) is 4. The Balaban J connectivity index is 2.71. The Kier molecular flexibility index (Phi) is 5.32. The van der Waals surface area contributed by atoms with Crippen molar-refractivity contribution in [2.24, 2.45) is 5.73 Å². The summed E-state index contributed by atoms with van der Waals surface area (Å²) in [5.41, 5.74) is 7.11. The number of pyridine rings is 1. The third-order valence-corrected chi connectivity index (χ3v) is 2.36. The summed E-state index contributed by atoms with van der Waals surface area (Å²) >= 11 is 0. The second-order valence-electron chi connectivity index (χ2n) is 3.90. The van der Waals surface area contributed by atoms with Gasteiger partial charge in [0.15, 0.2) is 6.10 Å². The molecular formula is C13H19N3O2. The number of rotatable bonds is 6. The second kappa shape index (κ2) is 6.76. The molecule has 1 amide bonds. The monoisotopic (exact) mass is 249 g/mol. The van der Waals surface area contributed by atoms with E-state index in [9.17, 15) is 4.79 Å². The lowest BCUT2D eigenvalue weighted by atomic mass is 10.2. The van der Waals surface area contributed by atoms with Crippen LogP contribution in [0.2, 0.25) is 0 Å². The van der Waals surface area contributed by atoms with Gasteiger partial charge in [0.2, 0.25) is 0 Å². The molecule has 0 saturated carbocycles. The highest BCUT2D eigenvalue weighted by molar-refractivity contribution is 5.80. The van der Waals surface area contributed by atoms with Crippen molar-refractivity contribution >= 4 is 5.91 Å². The fraction of sp³-hybridized carbons (Fsp3) is 0.385. The van der Waals surface area contributed by atoms with E-state index >= 15 is 0 Å². The minimum absolute atomic E-state index is 0.196. The number of aryl methyl sites for hydroxylation is 1. The number of nitrogens with two attached hydrogens (primary N) is 1. The molecule has 0 saturated heterocycles. The molecule has 98 valence electrons. The third-order valence-electron chi connectivity index (χ3n) is 2.36. The van der Waals surface area contributed by atoms with Crippen molar-refractivity contribution in [1.82, 2.24) is 10.3 Å². The van der Waals surface area contributed by atoms with Gasteiger partial charge >= 0.3 is 0 Å². The van der Waals surface area contributed by atoms with Crippen LogP contribution in [-0.2, 0) is 11.3 Å². The van der Waals surface area contributed by atoms with Crippen molar-refractivity contribution in [3.8, 4) is 5.75 Å². The van der Waals surface area contributed by atoms with Gasteiger partial charge in [0.1, 0.15) is 5.75 Å². The lowest BCUT2D eigenvalue weighted by Crippen LogP contribution is -2.36. The van der Waals surface area contributed by atoms with Crippen molar-refractivity contribution < 1.29 is 9.53 Å². The number of amides is 1. The molecule has 0 aliphatic carbocycles. The number of nitrogens with one attached hydrogen (secondary N) is 1. The van der Waals surface area contributed by atoms with Crippen LogP contribution < -0.4 is 15.8 Å². The predicted molar refractivity (Wildman–Crippen MR) is 70.2 cm³/mol. The first-order valence-corrected chi connectivity index (χ1v) is 5.80. The molecular weight excluding hydrogens is 230 g/mol. The molecule has 0 fully saturated rings. The standard InChI is InChI=1S/C13H19N3O2/c1-4-7-15-13(17)10(3)18-12-6-5-9(2)16-11(12)8-14/h4-6,10H,1,7-8,14H2,2-3H3,(H,15,17). The van der Waals surface area contributed by atoms with E-state index in [2.05, 4.69) is 16.9 Å². The molecule has 0 bridgehead atoms. The van der Waals surface area contributed by atoms with Crippen molar-refractivity contribution in [3.05, 3.63) is 36.2 Å². The highest BCUT2D eigenvalue weighted by Crippen LogP contribution is 2.17. The molecule has 1 rings (SSSR count). The SMILES string of the molecule is C=CCNC(=O)C(C)Oc1ccc(C)nc1CN. The molecule has 1 atom stereocenters. The summed E-state index contributed by atoms with van der Waals surface area (Å²) in [6.45, 7) is 7.78. The first-order chi connectivity index (χ1) is 8.58. The summed E-state index contributed by atoms with van der Waals surface area (Å²) in [6, 6.07) is 3.60. The Hall–Kier alpha value is -1.88. The van der Waals surface area contributed by atoms with Crippen LogP contribution in [0.4, 0.5) is 0 Å². The summed E-state index contributed by atoms with van der Waals surface area (Å²) in [5.74, 6) is 0.350. The minimum atomic E-state index is -0.597. The normalized spacial score (nSPS) is 11.7.